The molecule has 1 aromatic rings. The van der Waals surface area contributed by atoms with Gasteiger partial charge in [-0.3, -0.25) is 19.7 Å². The molecule has 1 aromatic carbocycles. The smallest absolute Gasteiger partial charge is 0.272 e. The molecule has 0 radical (unpaired) electrons. The van der Waals surface area contributed by atoms with E-state index in [9.17, 15) is 19.7 Å². The number of allylic oxidation sites excluding steroid dienone is 2. The Balaban J connectivity index is 1.46. The molecule has 6 rings (SSSR count). The van der Waals surface area contributed by atoms with Crippen molar-refractivity contribution in [1.82, 2.24) is 5.01 Å². The molecule has 25 heavy (non-hydrogen) atoms. The molecule has 0 N–H and O–H groups in total. The van der Waals surface area contributed by atoms with Gasteiger partial charge >= 0.3 is 0 Å². The van der Waals surface area contributed by atoms with Crippen molar-refractivity contribution in [1.29, 1.82) is 0 Å². The molecule has 0 spiro atoms. The summed E-state index contributed by atoms with van der Waals surface area (Å²) in [5.41, 5.74) is 0.164. The van der Waals surface area contributed by atoms with Gasteiger partial charge in [0.05, 0.1) is 28.5 Å². The van der Waals surface area contributed by atoms with Gasteiger partial charge in [-0.1, -0.05) is 24.3 Å². The van der Waals surface area contributed by atoms with Crippen LogP contribution in [0.2, 0.25) is 0 Å². The lowest BCUT2D eigenvalue weighted by Crippen LogP contribution is -2.40. The van der Waals surface area contributed by atoms with Crippen LogP contribution in [-0.2, 0) is 9.59 Å². The number of imide groups is 1. The van der Waals surface area contributed by atoms with E-state index < -0.39 is 4.92 Å². The molecule has 1 aliphatic heterocycles. The molecule has 0 aromatic heterocycles. The van der Waals surface area contributed by atoms with Crippen LogP contribution in [0, 0.1) is 45.6 Å². The van der Waals surface area contributed by atoms with E-state index in [-0.39, 0.29) is 46.7 Å². The van der Waals surface area contributed by atoms with E-state index in [1.807, 2.05) is 0 Å². The van der Waals surface area contributed by atoms with Crippen LogP contribution in [0.25, 0.3) is 0 Å². The van der Waals surface area contributed by atoms with E-state index >= 15 is 0 Å². The standard InChI is InChI=1S/C18H15N3O4/c22-17-15-10-5-6-11(13-7-12(10)13)16(15)18(23)20(17)19-8-9-3-1-2-4-14(9)21(24)25/h1-6,8,10-13,15-16H,7H2/b19-8-/t10-,11+,12-,13+,15-,16+. The van der Waals surface area contributed by atoms with Gasteiger partial charge in [-0.25, -0.2) is 0 Å². The summed E-state index contributed by atoms with van der Waals surface area (Å²) in [5.74, 6) is 0.192. The van der Waals surface area contributed by atoms with E-state index in [1.54, 1.807) is 18.2 Å². The van der Waals surface area contributed by atoms with Gasteiger partial charge in [0.2, 0.25) is 0 Å². The van der Waals surface area contributed by atoms with Crippen molar-refractivity contribution in [3.63, 3.8) is 0 Å². The Morgan fingerprint density at radius 3 is 2.28 bits per heavy atom. The fourth-order valence-electron chi connectivity index (χ4n) is 4.94. The predicted octanol–water partition coefficient (Wildman–Crippen LogP) is 1.98. The van der Waals surface area contributed by atoms with Gasteiger partial charge < -0.3 is 0 Å². The quantitative estimate of drug-likeness (QED) is 0.277. The van der Waals surface area contributed by atoms with Gasteiger partial charge in [0.25, 0.3) is 17.5 Å². The number of nitro benzene ring substituents is 1. The SMILES string of the molecule is O=C1[C@@H]2[C@@H]3C=C[C@@H]([C@@H]4C[C@H]34)[C@@H]2C(=O)N1/N=C\c1ccccc1[N+](=O)[O-]. The monoisotopic (exact) mass is 337 g/mol. The topological polar surface area (TPSA) is 92.9 Å². The molecular formula is C18H15N3O4. The van der Waals surface area contributed by atoms with Crippen LogP contribution < -0.4 is 0 Å². The van der Waals surface area contributed by atoms with Crippen LogP contribution in [0.15, 0.2) is 41.5 Å². The van der Waals surface area contributed by atoms with Crippen LogP contribution in [-0.4, -0.2) is 28.0 Å². The molecule has 6 atom stereocenters. The molecule has 1 saturated heterocycles. The zero-order valence-electron chi connectivity index (χ0n) is 13.2. The number of hydrazone groups is 1. The van der Waals surface area contributed by atoms with E-state index in [2.05, 4.69) is 17.3 Å². The van der Waals surface area contributed by atoms with E-state index in [4.69, 9.17) is 0 Å². The average molecular weight is 337 g/mol. The van der Waals surface area contributed by atoms with Crippen LogP contribution in [0.4, 0.5) is 5.69 Å². The number of nitro groups is 1. The maximum absolute atomic E-state index is 12.8. The summed E-state index contributed by atoms with van der Waals surface area (Å²) in [6.45, 7) is 0. The second-order valence-corrected chi connectivity index (χ2v) is 7.20. The highest BCUT2D eigenvalue weighted by Gasteiger charge is 2.67. The van der Waals surface area contributed by atoms with Crippen LogP contribution in [0.3, 0.4) is 0 Å². The fraction of sp³-hybridized carbons (Fsp3) is 0.389. The Morgan fingerprint density at radius 2 is 1.68 bits per heavy atom. The van der Waals surface area contributed by atoms with Crippen molar-refractivity contribution >= 4 is 23.7 Å². The summed E-state index contributed by atoms with van der Waals surface area (Å²) in [5, 5.41) is 16.0. The maximum atomic E-state index is 12.8. The van der Waals surface area contributed by atoms with Crippen LogP contribution in [0.5, 0.6) is 0 Å². The molecule has 126 valence electrons. The summed E-state index contributed by atoms with van der Waals surface area (Å²) < 4.78 is 0. The Hall–Kier alpha value is -2.83. The normalized spacial score (nSPS) is 37.5. The molecule has 4 aliphatic carbocycles. The minimum Gasteiger partial charge on any atom is -0.272 e. The number of carbonyl (C=O) groups is 2. The van der Waals surface area contributed by atoms with Crippen LogP contribution in [0.1, 0.15) is 12.0 Å². The third kappa shape index (κ3) is 1.89. The zero-order valence-corrected chi connectivity index (χ0v) is 13.2. The zero-order chi connectivity index (χ0) is 17.3. The van der Waals surface area contributed by atoms with Gasteiger partial charge in [0.15, 0.2) is 0 Å². The van der Waals surface area contributed by atoms with Crippen molar-refractivity contribution in [2.75, 3.05) is 0 Å². The summed E-state index contributed by atoms with van der Waals surface area (Å²) in [7, 11) is 0. The number of carbonyl (C=O) groups excluding carboxylic acids is 2. The Kier molecular flexibility index (Phi) is 2.81. The highest BCUT2D eigenvalue weighted by molar-refractivity contribution is 6.06. The van der Waals surface area contributed by atoms with E-state index in [0.29, 0.717) is 11.8 Å². The van der Waals surface area contributed by atoms with Crippen molar-refractivity contribution in [3.8, 4) is 0 Å². The maximum Gasteiger partial charge on any atom is 0.278 e. The number of hydrogen-bond acceptors (Lipinski definition) is 5. The lowest BCUT2D eigenvalue weighted by molar-refractivity contribution is -0.385. The Labute approximate surface area is 143 Å². The fourth-order valence-corrected chi connectivity index (χ4v) is 4.94. The van der Waals surface area contributed by atoms with Crippen molar-refractivity contribution < 1.29 is 14.5 Å². The molecule has 5 aliphatic rings. The molecule has 2 amide bonds. The Bertz CT molecular complexity index is 841. The molecule has 1 heterocycles. The van der Waals surface area contributed by atoms with Crippen molar-refractivity contribution in [2.24, 2.45) is 40.6 Å². The summed E-state index contributed by atoms with van der Waals surface area (Å²) >= 11 is 0. The highest BCUT2D eigenvalue weighted by atomic mass is 16.6. The first-order valence-corrected chi connectivity index (χ1v) is 8.41. The lowest BCUT2D eigenvalue weighted by atomic mass is 9.63. The number of hydrogen-bond donors (Lipinski definition) is 0. The second-order valence-electron chi connectivity index (χ2n) is 7.20. The molecule has 2 saturated carbocycles. The first-order valence-electron chi connectivity index (χ1n) is 8.41. The first kappa shape index (κ1) is 14.5. The average Bonchev–Trinajstić information content (AvgIpc) is 3.39. The van der Waals surface area contributed by atoms with Gasteiger partial charge in [-0.15, -0.1) is 0 Å². The van der Waals surface area contributed by atoms with Gasteiger partial charge in [0.1, 0.15) is 0 Å². The summed E-state index contributed by atoms with van der Waals surface area (Å²) in [4.78, 5) is 36.1. The van der Waals surface area contributed by atoms with E-state index in [1.165, 1.54) is 12.3 Å². The lowest BCUT2D eigenvalue weighted by Gasteiger charge is -2.37. The first-order chi connectivity index (χ1) is 12.1. The molecule has 7 heteroatoms. The highest BCUT2D eigenvalue weighted by Crippen LogP contribution is 2.65. The number of rotatable bonds is 3. The van der Waals surface area contributed by atoms with Gasteiger partial charge in [0, 0.05) is 6.07 Å². The third-order valence-corrected chi connectivity index (χ3v) is 6.09. The minimum atomic E-state index is -0.508. The predicted molar refractivity (Wildman–Crippen MR) is 87.2 cm³/mol. The molecule has 0 unspecified atom stereocenters. The number of para-hydroxylation sites is 1. The Morgan fingerprint density at radius 1 is 1.08 bits per heavy atom. The van der Waals surface area contributed by atoms with Crippen molar-refractivity contribution in [3.05, 3.63) is 52.1 Å². The van der Waals surface area contributed by atoms with Gasteiger partial charge in [-0.05, 0) is 36.2 Å². The number of amides is 2. The van der Waals surface area contributed by atoms with E-state index in [0.717, 1.165) is 11.4 Å². The molecular weight excluding hydrogens is 322 g/mol. The molecule has 3 fully saturated rings. The van der Waals surface area contributed by atoms with Gasteiger partial charge in [-0.2, -0.15) is 10.1 Å². The van der Waals surface area contributed by atoms with Crippen molar-refractivity contribution in [2.45, 2.75) is 6.42 Å². The second kappa shape index (κ2) is 4.84. The number of benzene rings is 1. The summed E-state index contributed by atoms with van der Waals surface area (Å²) in [6, 6.07) is 6.12. The molecule has 2 bridgehead atoms. The number of nitrogens with zero attached hydrogens (tertiary/aromatic N) is 3. The summed E-state index contributed by atoms with van der Waals surface area (Å²) in [6.07, 6.45) is 6.54. The van der Waals surface area contributed by atoms with Crippen LogP contribution >= 0.6 is 0 Å². The third-order valence-electron chi connectivity index (χ3n) is 6.09. The largest absolute Gasteiger partial charge is 0.278 e. The molecule has 7 nitrogen and oxygen atoms in total. The minimum absolute atomic E-state index is 0.106.